The van der Waals surface area contributed by atoms with Gasteiger partial charge in [0.15, 0.2) is 0 Å². The molecule has 0 fully saturated rings. The highest BCUT2D eigenvalue weighted by molar-refractivity contribution is 9.10. The van der Waals surface area contributed by atoms with Gasteiger partial charge in [0.25, 0.3) is 5.91 Å². The zero-order chi connectivity index (χ0) is 23.3. The summed E-state index contributed by atoms with van der Waals surface area (Å²) in [6.45, 7) is 0.249. The summed E-state index contributed by atoms with van der Waals surface area (Å²) in [6.07, 6.45) is 1.47. The van der Waals surface area contributed by atoms with Crippen LogP contribution in [0.2, 0.25) is 20.1 Å². The Morgan fingerprint density at radius 2 is 1.78 bits per heavy atom. The van der Waals surface area contributed by atoms with E-state index in [0.717, 1.165) is 5.56 Å². The molecule has 0 spiro atoms. The van der Waals surface area contributed by atoms with E-state index in [2.05, 4.69) is 21.2 Å². The van der Waals surface area contributed by atoms with Gasteiger partial charge >= 0.3 is 0 Å². The Morgan fingerprint density at radius 1 is 1.00 bits per heavy atom. The summed E-state index contributed by atoms with van der Waals surface area (Å²) in [4.78, 5) is 12.5. The first-order chi connectivity index (χ1) is 15.3. The number of anilines is 1. The molecule has 0 aromatic heterocycles. The summed E-state index contributed by atoms with van der Waals surface area (Å²) in [5, 5.41) is 13.8. The van der Waals surface area contributed by atoms with Crippen molar-refractivity contribution in [3.63, 3.8) is 0 Å². The van der Waals surface area contributed by atoms with Crippen LogP contribution in [-0.2, 0) is 11.4 Å². The highest BCUT2D eigenvalue weighted by Crippen LogP contribution is 2.30. The number of nitriles is 1. The van der Waals surface area contributed by atoms with E-state index in [1.807, 2.05) is 6.07 Å². The first-order valence-corrected chi connectivity index (χ1v) is 11.3. The second-order valence-electron chi connectivity index (χ2n) is 6.47. The zero-order valence-electron chi connectivity index (χ0n) is 16.1. The van der Waals surface area contributed by atoms with E-state index in [9.17, 15) is 10.1 Å². The van der Waals surface area contributed by atoms with Gasteiger partial charge in [-0.05, 0) is 70.0 Å². The maximum atomic E-state index is 12.5. The zero-order valence-corrected chi connectivity index (χ0v) is 20.7. The molecule has 0 unspecified atom stereocenters. The van der Waals surface area contributed by atoms with Crippen LogP contribution in [0, 0.1) is 11.3 Å². The lowest BCUT2D eigenvalue weighted by atomic mass is 10.1. The monoisotopic (exact) mass is 568 g/mol. The number of halogens is 5. The molecule has 1 amide bonds. The fourth-order valence-corrected chi connectivity index (χ4v) is 3.88. The van der Waals surface area contributed by atoms with Gasteiger partial charge in [-0.1, -0.05) is 58.5 Å². The molecule has 0 aliphatic carbocycles. The number of nitrogens with zero attached hydrogens (tertiary/aromatic N) is 1. The Balaban J connectivity index is 1.72. The summed E-state index contributed by atoms with van der Waals surface area (Å²) in [5.74, 6) is 0.00616. The maximum absolute atomic E-state index is 12.5. The van der Waals surface area contributed by atoms with Crippen LogP contribution in [0.5, 0.6) is 5.75 Å². The smallest absolute Gasteiger partial charge is 0.266 e. The lowest BCUT2D eigenvalue weighted by Gasteiger charge is -2.10. The molecule has 1 N–H and O–H groups in total. The minimum Gasteiger partial charge on any atom is -0.488 e. The number of hydrogen-bond donors (Lipinski definition) is 1. The number of hydrogen-bond acceptors (Lipinski definition) is 3. The highest BCUT2D eigenvalue weighted by atomic mass is 79.9. The van der Waals surface area contributed by atoms with Crippen molar-refractivity contribution in [2.45, 2.75) is 6.61 Å². The molecule has 0 bridgehead atoms. The van der Waals surface area contributed by atoms with Crippen molar-refractivity contribution in [1.29, 1.82) is 5.26 Å². The number of rotatable bonds is 6. The van der Waals surface area contributed by atoms with Crippen molar-refractivity contribution in [3.8, 4) is 11.8 Å². The average molecular weight is 571 g/mol. The Kier molecular flexibility index (Phi) is 8.47. The Labute approximate surface area is 213 Å². The molecule has 3 aromatic carbocycles. The number of benzene rings is 3. The van der Waals surface area contributed by atoms with Gasteiger partial charge in [-0.25, -0.2) is 0 Å². The van der Waals surface area contributed by atoms with Crippen LogP contribution in [0.25, 0.3) is 6.08 Å². The SMILES string of the molecule is N#C/C(=C\c1ccc(OCc2ccc(Cl)cc2Cl)c(Br)c1)C(=O)Nc1ccc(Cl)c(Cl)c1. The Bertz CT molecular complexity index is 1260. The van der Waals surface area contributed by atoms with Crippen LogP contribution in [0.15, 0.2) is 64.6 Å². The Hall–Kier alpha value is -2.20. The summed E-state index contributed by atoms with van der Waals surface area (Å²) >= 11 is 27.4. The topological polar surface area (TPSA) is 62.1 Å². The summed E-state index contributed by atoms with van der Waals surface area (Å²) in [7, 11) is 0. The van der Waals surface area contributed by atoms with Crippen molar-refractivity contribution in [3.05, 3.63) is 95.9 Å². The van der Waals surface area contributed by atoms with Gasteiger partial charge in [0.2, 0.25) is 0 Å². The number of nitrogens with one attached hydrogen (secondary N) is 1. The van der Waals surface area contributed by atoms with Crippen LogP contribution in [0.1, 0.15) is 11.1 Å². The van der Waals surface area contributed by atoms with Gasteiger partial charge in [0.05, 0.1) is 14.5 Å². The number of carbonyl (C=O) groups excluding carboxylic acids is 1. The second-order valence-corrected chi connectivity index (χ2v) is 8.98. The molecule has 0 radical (unpaired) electrons. The van der Waals surface area contributed by atoms with Gasteiger partial charge in [0.1, 0.15) is 24.0 Å². The van der Waals surface area contributed by atoms with Gasteiger partial charge in [-0.15, -0.1) is 0 Å². The summed E-state index contributed by atoms with van der Waals surface area (Å²) in [5.41, 5.74) is 1.77. The van der Waals surface area contributed by atoms with E-state index < -0.39 is 5.91 Å². The highest BCUT2D eigenvalue weighted by Gasteiger charge is 2.12. The average Bonchev–Trinajstić information content (AvgIpc) is 2.75. The maximum Gasteiger partial charge on any atom is 0.266 e. The second kappa shape index (κ2) is 11.1. The molecule has 32 heavy (non-hydrogen) atoms. The van der Waals surface area contributed by atoms with Gasteiger partial charge in [-0.3, -0.25) is 4.79 Å². The van der Waals surface area contributed by atoms with E-state index in [1.165, 1.54) is 12.1 Å². The van der Waals surface area contributed by atoms with E-state index >= 15 is 0 Å². The van der Waals surface area contributed by atoms with Crippen molar-refractivity contribution in [1.82, 2.24) is 0 Å². The van der Waals surface area contributed by atoms with Gasteiger partial charge < -0.3 is 10.1 Å². The number of carbonyl (C=O) groups is 1. The van der Waals surface area contributed by atoms with Crippen LogP contribution in [-0.4, -0.2) is 5.91 Å². The standard InChI is InChI=1S/C23H13BrCl4N2O2/c24-18-8-13(1-6-22(18)32-12-14-2-3-16(25)9-20(14)27)7-15(11-29)23(31)30-17-4-5-19(26)21(28)10-17/h1-10H,12H2,(H,30,31)/b15-7+. The summed E-state index contributed by atoms with van der Waals surface area (Å²) < 4.78 is 6.47. The molecule has 0 atom stereocenters. The quantitative estimate of drug-likeness (QED) is 0.240. The van der Waals surface area contributed by atoms with Crippen molar-refractivity contribution in [2.24, 2.45) is 0 Å². The fourth-order valence-electron chi connectivity index (χ4n) is 2.61. The predicted octanol–water partition coefficient (Wildman–Crippen LogP) is 8.19. The largest absolute Gasteiger partial charge is 0.488 e. The molecule has 162 valence electrons. The van der Waals surface area contributed by atoms with E-state index in [-0.39, 0.29) is 12.2 Å². The van der Waals surface area contributed by atoms with Gasteiger partial charge in [-0.2, -0.15) is 5.26 Å². The molecular weight excluding hydrogens is 558 g/mol. The minimum absolute atomic E-state index is 0.0791. The third-order valence-corrected chi connectivity index (χ3v) is 6.15. The normalized spacial score (nSPS) is 11.1. The fraction of sp³-hybridized carbons (Fsp3) is 0.0435. The molecular formula is C23H13BrCl4N2O2. The molecule has 0 aliphatic heterocycles. The molecule has 3 rings (SSSR count). The molecule has 3 aromatic rings. The predicted molar refractivity (Wildman–Crippen MR) is 134 cm³/mol. The van der Waals surface area contributed by atoms with Crippen LogP contribution >= 0.6 is 62.3 Å². The third-order valence-electron chi connectivity index (χ3n) is 4.21. The summed E-state index contributed by atoms with van der Waals surface area (Å²) in [6, 6.07) is 16.9. The van der Waals surface area contributed by atoms with Crippen molar-refractivity contribution >= 4 is 80.0 Å². The lowest BCUT2D eigenvalue weighted by molar-refractivity contribution is -0.112. The lowest BCUT2D eigenvalue weighted by Crippen LogP contribution is -2.13. The molecule has 0 saturated heterocycles. The Morgan fingerprint density at radius 3 is 2.44 bits per heavy atom. The first-order valence-electron chi connectivity index (χ1n) is 9.01. The molecule has 0 heterocycles. The van der Waals surface area contributed by atoms with Crippen LogP contribution < -0.4 is 10.1 Å². The van der Waals surface area contributed by atoms with Crippen molar-refractivity contribution < 1.29 is 9.53 Å². The molecule has 4 nitrogen and oxygen atoms in total. The van der Waals surface area contributed by atoms with E-state index in [1.54, 1.807) is 48.5 Å². The van der Waals surface area contributed by atoms with Crippen LogP contribution in [0.4, 0.5) is 5.69 Å². The first kappa shape index (κ1) is 24.4. The molecule has 0 aliphatic rings. The number of ether oxygens (including phenoxy) is 1. The molecule has 0 saturated carbocycles. The van der Waals surface area contributed by atoms with E-state index in [4.69, 9.17) is 51.1 Å². The number of amides is 1. The minimum atomic E-state index is -0.570. The molecule has 9 heteroatoms. The van der Waals surface area contributed by atoms with E-state index in [0.29, 0.717) is 41.6 Å². The van der Waals surface area contributed by atoms with Gasteiger partial charge in [0, 0.05) is 21.3 Å². The van der Waals surface area contributed by atoms with Crippen molar-refractivity contribution in [2.75, 3.05) is 5.32 Å². The van der Waals surface area contributed by atoms with Crippen LogP contribution in [0.3, 0.4) is 0 Å². The third kappa shape index (κ3) is 6.41.